The molecule has 6 heteroatoms. The zero-order valence-electron chi connectivity index (χ0n) is 47.7. The van der Waals surface area contributed by atoms with Crippen LogP contribution >= 0.6 is 0 Å². The number of ether oxygens (including phenoxy) is 3. The lowest BCUT2D eigenvalue weighted by Gasteiger charge is -2.18. The molecular weight excluding hydrogens is 889 g/mol. The maximum atomic E-state index is 12.9. The molecule has 0 saturated heterocycles. The van der Waals surface area contributed by atoms with E-state index in [1.807, 2.05) is 0 Å². The van der Waals surface area contributed by atoms with Gasteiger partial charge in [-0.3, -0.25) is 14.4 Å². The molecule has 0 aliphatic heterocycles. The van der Waals surface area contributed by atoms with Gasteiger partial charge in [0.2, 0.25) is 0 Å². The summed E-state index contributed by atoms with van der Waals surface area (Å²) < 4.78 is 16.9. The fourth-order valence-electron chi connectivity index (χ4n) is 8.82. The van der Waals surface area contributed by atoms with Crippen molar-refractivity contribution in [3.8, 4) is 0 Å². The number of unbranched alkanes of at least 4 members (excludes halogenated alkanes) is 33. The van der Waals surface area contributed by atoms with E-state index in [0.29, 0.717) is 19.3 Å². The van der Waals surface area contributed by atoms with Crippen LogP contribution in [-0.2, 0) is 28.6 Å². The van der Waals surface area contributed by atoms with Crippen LogP contribution in [0.5, 0.6) is 0 Å². The van der Waals surface area contributed by atoms with Gasteiger partial charge in [-0.1, -0.05) is 273 Å². The highest BCUT2D eigenvalue weighted by atomic mass is 16.6. The number of rotatable bonds is 56. The van der Waals surface area contributed by atoms with Gasteiger partial charge in [-0.2, -0.15) is 0 Å². The Kier molecular flexibility index (Phi) is 57.8. The predicted octanol–water partition coefficient (Wildman–Crippen LogP) is 20.9. The molecule has 416 valence electrons. The molecule has 0 aromatic heterocycles. The molecular formula is C66H116O6. The number of esters is 3. The van der Waals surface area contributed by atoms with Gasteiger partial charge in [0.25, 0.3) is 0 Å². The molecule has 0 N–H and O–H groups in total. The molecule has 0 aromatic carbocycles. The van der Waals surface area contributed by atoms with Crippen molar-refractivity contribution in [1.82, 2.24) is 0 Å². The smallest absolute Gasteiger partial charge is 0.306 e. The molecule has 1 atom stereocenters. The number of hydrogen-bond donors (Lipinski definition) is 0. The summed E-state index contributed by atoms with van der Waals surface area (Å²) in [5.41, 5.74) is 0. The normalized spacial score (nSPS) is 12.5. The fraction of sp³-hybridized carbons (Fsp3) is 0.773. The fourth-order valence-corrected chi connectivity index (χ4v) is 8.82. The zero-order chi connectivity index (χ0) is 52.2. The highest BCUT2D eigenvalue weighted by Crippen LogP contribution is 2.16. The van der Waals surface area contributed by atoms with E-state index < -0.39 is 6.10 Å². The van der Waals surface area contributed by atoms with Crippen LogP contribution < -0.4 is 0 Å². The van der Waals surface area contributed by atoms with Crippen LogP contribution in [0.2, 0.25) is 0 Å². The molecule has 0 fully saturated rings. The van der Waals surface area contributed by atoms with Crippen molar-refractivity contribution in [2.24, 2.45) is 0 Å². The summed E-state index contributed by atoms with van der Waals surface area (Å²) in [4.78, 5) is 38.1. The van der Waals surface area contributed by atoms with E-state index in [-0.39, 0.29) is 31.1 Å². The largest absolute Gasteiger partial charge is 0.462 e. The Hall–Kier alpha value is -3.15. The minimum absolute atomic E-state index is 0.0755. The van der Waals surface area contributed by atoms with Crippen LogP contribution in [0.3, 0.4) is 0 Å². The molecule has 72 heavy (non-hydrogen) atoms. The monoisotopic (exact) mass is 1000 g/mol. The van der Waals surface area contributed by atoms with Crippen LogP contribution in [-0.4, -0.2) is 37.2 Å². The molecule has 0 aliphatic rings. The van der Waals surface area contributed by atoms with E-state index in [4.69, 9.17) is 14.2 Å². The van der Waals surface area contributed by atoms with Crippen molar-refractivity contribution in [3.05, 3.63) is 72.9 Å². The Morgan fingerprint density at radius 1 is 0.292 bits per heavy atom. The molecule has 0 bridgehead atoms. The van der Waals surface area contributed by atoms with Crippen molar-refractivity contribution in [1.29, 1.82) is 0 Å². The van der Waals surface area contributed by atoms with E-state index in [1.165, 1.54) is 173 Å². The summed E-state index contributed by atoms with van der Waals surface area (Å²) in [5.74, 6) is -0.877. The highest BCUT2D eigenvalue weighted by Gasteiger charge is 2.19. The minimum atomic E-state index is -0.776. The topological polar surface area (TPSA) is 78.9 Å². The summed E-state index contributed by atoms with van der Waals surface area (Å²) in [5, 5.41) is 0. The van der Waals surface area contributed by atoms with Crippen molar-refractivity contribution in [3.63, 3.8) is 0 Å². The first-order chi connectivity index (χ1) is 35.5. The Labute approximate surface area is 446 Å². The zero-order valence-corrected chi connectivity index (χ0v) is 47.7. The molecule has 1 unspecified atom stereocenters. The van der Waals surface area contributed by atoms with Crippen molar-refractivity contribution < 1.29 is 28.6 Å². The van der Waals surface area contributed by atoms with E-state index >= 15 is 0 Å². The summed E-state index contributed by atoms with van der Waals surface area (Å²) in [6.07, 6.45) is 77.7. The van der Waals surface area contributed by atoms with Gasteiger partial charge in [0.05, 0.1) is 0 Å². The summed E-state index contributed by atoms with van der Waals surface area (Å²) in [7, 11) is 0. The van der Waals surface area contributed by atoms with Crippen molar-refractivity contribution in [2.75, 3.05) is 13.2 Å². The van der Waals surface area contributed by atoms with Gasteiger partial charge in [0.15, 0.2) is 6.10 Å². The maximum Gasteiger partial charge on any atom is 0.306 e. The second-order valence-electron chi connectivity index (χ2n) is 20.6. The standard InChI is InChI=1S/C66H116O6/c1-4-7-10-13-16-19-21-23-25-27-29-31-32-33-34-36-37-39-41-43-45-47-50-53-56-59-65(68)71-62-63(61-70-64(67)58-55-52-49-18-15-12-9-6-3)72-66(69)60-57-54-51-48-46-44-42-40-38-35-30-28-26-24-22-20-17-14-11-8-5-2/h7,10,16,19,23,25,28-31,33-34,63H,4-6,8-9,11-15,17-18,20-22,24,26-27,32,35-62H2,1-3H3/b10-7-,19-16-,25-23-,30-28-,31-29-,34-33-. The van der Waals surface area contributed by atoms with Gasteiger partial charge in [-0.25, -0.2) is 0 Å². The van der Waals surface area contributed by atoms with Crippen LogP contribution in [0.15, 0.2) is 72.9 Å². The molecule has 0 rings (SSSR count). The number of hydrogen-bond acceptors (Lipinski definition) is 6. The lowest BCUT2D eigenvalue weighted by molar-refractivity contribution is -0.167. The van der Waals surface area contributed by atoms with Gasteiger partial charge in [-0.05, 0) is 89.9 Å². The van der Waals surface area contributed by atoms with Crippen molar-refractivity contribution in [2.45, 2.75) is 316 Å². The summed E-state index contributed by atoms with van der Waals surface area (Å²) in [6, 6.07) is 0. The van der Waals surface area contributed by atoms with Gasteiger partial charge >= 0.3 is 17.9 Å². The molecule has 0 saturated carbocycles. The third-order valence-electron chi connectivity index (χ3n) is 13.4. The second-order valence-corrected chi connectivity index (χ2v) is 20.6. The predicted molar refractivity (Wildman–Crippen MR) is 311 cm³/mol. The van der Waals surface area contributed by atoms with Crippen LogP contribution in [0.1, 0.15) is 310 Å². The minimum Gasteiger partial charge on any atom is -0.462 e. The molecule has 0 aliphatic carbocycles. The first-order valence-corrected chi connectivity index (χ1v) is 30.9. The molecule has 0 heterocycles. The van der Waals surface area contributed by atoms with Gasteiger partial charge in [-0.15, -0.1) is 0 Å². The lowest BCUT2D eigenvalue weighted by atomic mass is 10.1. The first-order valence-electron chi connectivity index (χ1n) is 30.9. The molecule has 0 radical (unpaired) electrons. The number of carbonyl (C=O) groups excluding carboxylic acids is 3. The third kappa shape index (κ3) is 57.7. The molecule has 6 nitrogen and oxygen atoms in total. The van der Waals surface area contributed by atoms with Gasteiger partial charge < -0.3 is 14.2 Å². The van der Waals surface area contributed by atoms with E-state index in [9.17, 15) is 14.4 Å². The average Bonchev–Trinajstić information content (AvgIpc) is 3.38. The summed E-state index contributed by atoms with van der Waals surface area (Å²) >= 11 is 0. The number of allylic oxidation sites excluding steroid dienone is 12. The van der Waals surface area contributed by atoms with Gasteiger partial charge in [0.1, 0.15) is 13.2 Å². The molecule has 0 amide bonds. The highest BCUT2D eigenvalue weighted by molar-refractivity contribution is 5.71. The summed E-state index contributed by atoms with van der Waals surface area (Å²) in [6.45, 7) is 6.52. The Balaban J connectivity index is 4.20. The van der Waals surface area contributed by atoms with Crippen LogP contribution in [0.25, 0.3) is 0 Å². The Bertz CT molecular complexity index is 1340. The molecule has 0 spiro atoms. The Morgan fingerprint density at radius 3 is 0.861 bits per heavy atom. The number of carbonyl (C=O) groups is 3. The lowest BCUT2D eigenvalue weighted by Crippen LogP contribution is -2.30. The Morgan fingerprint density at radius 2 is 0.542 bits per heavy atom. The van der Waals surface area contributed by atoms with Crippen molar-refractivity contribution >= 4 is 17.9 Å². The second kappa shape index (κ2) is 60.4. The maximum absolute atomic E-state index is 12.9. The van der Waals surface area contributed by atoms with E-state index in [1.54, 1.807) is 0 Å². The van der Waals surface area contributed by atoms with E-state index in [2.05, 4.69) is 93.7 Å². The van der Waals surface area contributed by atoms with Gasteiger partial charge in [0, 0.05) is 19.3 Å². The quantitative estimate of drug-likeness (QED) is 0.0261. The molecule has 0 aromatic rings. The van der Waals surface area contributed by atoms with E-state index in [0.717, 1.165) is 96.3 Å². The first kappa shape index (κ1) is 68.8. The third-order valence-corrected chi connectivity index (χ3v) is 13.4. The average molecular weight is 1010 g/mol. The van der Waals surface area contributed by atoms with Crippen LogP contribution in [0.4, 0.5) is 0 Å². The SMILES string of the molecule is CC/C=C\C/C=C\C/C=C\C/C=C\C/C=C\CCCCCCCCCCCC(=O)OCC(COC(=O)CCCCCCCCCC)OC(=O)CCCCCCCCCCC/C=C\CCCCCCCCCC. The van der Waals surface area contributed by atoms with Crippen LogP contribution in [0, 0.1) is 0 Å².